The van der Waals surface area contributed by atoms with Crippen LogP contribution in [-0.2, 0) is 10.3 Å². The monoisotopic (exact) mass is 255 g/mol. The molecule has 0 aliphatic heterocycles. The van der Waals surface area contributed by atoms with Gasteiger partial charge in [0.15, 0.2) is 5.82 Å². The highest BCUT2D eigenvalue weighted by atomic mass is 32.1. The fourth-order valence-corrected chi connectivity index (χ4v) is 3.16. The minimum absolute atomic E-state index is 0.206. The van der Waals surface area contributed by atoms with E-state index in [2.05, 4.69) is 28.5 Å². The predicted molar refractivity (Wildman–Crippen MR) is 70.4 cm³/mol. The van der Waals surface area contributed by atoms with Crippen molar-refractivity contribution in [2.24, 2.45) is 0 Å². The molecule has 1 fully saturated rings. The number of hydrogen-bond acceptors (Lipinski definition) is 5. The molecular weight excluding hydrogens is 234 g/mol. The molecule has 1 N–H and O–H groups in total. The maximum atomic E-state index is 5.95. The van der Waals surface area contributed by atoms with Crippen molar-refractivity contribution in [1.29, 1.82) is 0 Å². The summed E-state index contributed by atoms with van der Waals surface area (Å²) in [7, 11) is 0. The van der Waals surface area contributed by atoms with Gasteiger partial charge in [0, 0.05) is 24.2 Å². The van der Waals surface area contributed by atoms with Crippen molar-refractivity contribution < 1.29 is 4.74 Å². The molecule has 2 rings (SSSR count). The van der Waals surface area contributed by atoms with Crippen molar-refractivity contribution in [3.63, 3.8) is 0 Å². The van der Waals surface area contributed by atoms with Gasteiger partial charge in [-0.15, -0.1) is 0 Å². The third-order valence-corrected chi connectivity index (χ3v) is 3.72. The molecule has 1 aromatic heterocycles. The van der Waals surface area contributed by atoms with Gasteiger partial charge >= 0.3 is 0 Å². The highest BCUT2D eigenvalue weighted by molar-refractivity contribution is 7.09. The quantitative estimate of drug-likeness (QED) is 0.878. The lowest BCUT2D eigenvalue weighted by atomic mass is 10.0. The Bertz CT molecular complexity index is 358. The second-order valence-electron chi connectivity index (χ2n) is 4.86. The summed E-state index contributed by atoms with van der Waals surface area (Å²) in [5.74, 6) is 0.880. The molecule has 1 heterocycles. The maximum absolute atomic E-state index is 5.95. The molecule has 0 radical (unpaired) electrons. The Kier molecular flexibility index (Phi) is 3.99. The number of nitrogens with zero attached hydrogens (tertiary/aromatic N) is 2. The molecule has 1 saturated carbocycles. The molecule has 1 aliphatic carbocycles. The molecular formula is C12H21N3OS. The van der Waals surface area contributed by atoms with E-state index in [1.54, 1.807) is 0 Å². The highest BCUT2D eigenvalue weighted by Crippen LogP contribution is 2.41. The lowest BCUT2D eigenvalue weighted by Crippen LogP contribution is -2.27. The van der Waals surface area contributed by atoms with Crippen LogP contribution in [0.4, 0.5) is 5.13 Å². The van der Waals surface area contributed by atoms with E-state index in [9.17, 15) is 0 Å². The summed E-state index contributed by atoms with van der Waals surface area (Å²) in [4.78, 5) is 4.59. The van der Waals surface area contributed by atoms with Crippen LogP contribution in [0.25, 0.3) is 0 Å². The summed E-state index contributed by atoms with van der Waals surface area (Å²) in [6.07, 6.45) is 4.54. The molecule has 0 unspecified atom stereocenters. The van der Waals surface area contributed by atoms with E-state index in [4.69, 9.17) is 4.74 Å². The van der Waals surface area contributed by atoms with E-state index < -0.39 is 0 Å². The minimum Gasteiger partial charge on any atom is -0.367 e. The SMILES string of the molecule is CCOC1(c2nsc(NC(C)C)n2)CCCC1. The number of hydrogen-bond donors (Lipinski definition) is 1. The smallest absolute Gasteiger partial charge is 0.202 e. The van der Waals surface area contributed by atoms with E-state index in [0.29, 0.717) is 6.04 Å². The average Bonchev–Trinajstić information content (AvgIpc) is 2.87. The van der Waals surface area contributed by atoms with E-state index in [-0.39, 0.29) is 5.60 Å². The Hall–Kier alpha value is -0.680. The van der Waals surface area contributed by atoms with Crippen LogP contribution in [0.5, 0.6) is 0 Å². The fraction of sp³-hybridized carbons (Fsp3) is 0.833. The Morgan fingerprint density at radius 1 is 1.41 bits per heavy atom. The van der Waals surface area contributed by atoms with Gasteiger partial charge in [-0.1, -0.05) is 0 Å². The zero-order valence-corrected chi connectivity index (χ0v) is 11.6. The number of aromatic nitrogens is 2. The number of ether oxygens (including phenoxy) is 1. The van der Waals surface area contributed by atoms with E-state index in [1.807, 2.05) is 6.92 Å². The van der Waals surface area contributed by atoms with Crippen molar-refractivity contribution in [3.8, 4) is 0 Å². The Labute approximate surface area is 107 Å². The molecule has 17 heavy (non-hydrogen) atoms. The van der Waals surface area contributed by atoms with Crippen LogP contribution in [-0.4, -0.2) is 22.0 Å². The van der Waals surface area contributed by atoms with Crippen molar-refractivity contribution in [2.75, 3.05) is 11.9 Å². The van der Waals surface area contributed by atoms with Crippen molar-refractivity contribution >= 4 is 16.7 Å². The van der Waals surface area contributed by atoms with Crippen LogP contribution < -0.4 is 5.32 Å². The second kappa shape index (κ2) is 5.31. The Balaban J connectivity index is 2.16. The highest BCUT2D eigenvalue weighted by Gasteiger charge is 2.40. The maximum Gasteiger partial charge on any atom is 0.202 e. The van der Waals surface area contributed by atoms with Crippen LogP contribution in [0, 0.1) is 0 Å². The van der Waals surface area contributed by atoms with E-state index >= 15 is 0 Å². The third-order valence-electron chi connectivity index (χ3n) is 3.08. The van der Waals surface area contributed by atoms with Gasteiger partial charge in [0.25, 0.3) is 0 Å². The lowest BCUT2D eigenvalue weighted by molar-refractivity contribution is -0.0447. The predicted octanol–water partition coefficient (Wildman–Crippen LogP) is 3.16. The first-order valence-corrected chi connectivity index (χ1v) is 7.18. The Morgan fingerprint density at radius 3 is 2.71 bits per heavy atom. The van der Waals surface area contributed by atoms with Gasteiger partial charge in [-0.2, -0.15) is 4.37 Å². The number of anilines is 1. The van der Waals surface area contributed by atoms with E-state index in [0.717, 1.165) is 30.4 Å². The first kappa shape index (κ1) is 12.8. The fourth-order valence-electron chi connectivity index (χ4n) is 2.37. The Morgan fingerprint density at radius 2 is 2.12 bits per heavy atom. The molecule has 0 bridgehead atoms. The molecule has 1 aliphatic rings. The van der Waals surface area contributed by atoms with Gasteiger partial charge in [-0.25, -0.2) is 4.98 Å². The van der Waals surface area contributed by atoms with Crippen LogP contribution in [0.15, 0.2) is 0 Å². The number of nitrogens with one attached hydrogen (secondary N) is 1. The first-order valence-electron chi connectivity index (χ1n) is 6.41. The largest absolute Gasteiger partial charge is 0.367 e. The summed E-state index contributed by atoms with van der Waals surface area (Å²) >= 11 is 1.44. The summed E-state index contributed by atoms with van der Waals surface area (Å²) in [6, 6.07) is 0.391. The standard InChI is InChI=1S/C12H21N3OS/c1-4-16-12(7-5-6-8-12)10-14-11(17-15-10)13-9(2)3/h9H,4-8H2,1-3H3,(H,13,14,15). The topological polar surface area (TPSA) is 47.0 Å². The van der Waals surface area contributed by atoms with Gasteiger partial charge in [-0.05, 0) is 46.5 Å². The minimum atomic E-state index is -0.206. The molecule has 5 heteroatoms. The zero-order valence-electron chi connectivity index (χ0n) is 10.8. The third kappa shape index (κ3) is 2.77. The molecule has 0 atom stereocenters. The summed E-state index contributed by atoms with van der Waals surface area (Å²) < 4.78 is 10.4. The van der Waals surface area contributed by atoms with Gasteiger partial charge in [0.05, 0.1) is 0 Å². The van der Waals surface area contributed by atoms with Gasteiger partial charge < -0.3 is 10.1 Å². The van der Waals surface area contributed by atoms with Crippen molar-refractivity contribution in [3.05, 3.63) is 5.82 Å². The molecule has 1 aromatic rings. The normalized spacial score (nSPS) is 18.8. The second-order valence-corrected chi connectivity index (χ2v) is 5.61. The zero-order chi connectivity index (χ0) is 12.3. The first-order chi connectivity index (χ1) is 8.16. The summed E-state index contributed by atoms with van der Waals surface area (Å²) in [5, 5.41) is 4.20. The van der Waals surface area contributed by atoms with E-state index in [1.165, 1.54) is 24.4 Å². The molecule has 4 nitrogen and oxygen atoms in total. The molecule has 96 valence electrons. The van der Waals surface area contributed by atoms with Crippen LogP contribution in [0.1, 0.15) is 52.3 Å². The summed E-state index contributed by atoms with van der Waals surface area (Å²) in [5.41, 5.74) is -0.206. The van der Waals surface area contributed by atoms with Gasteiger partial charge in [0.1, 0.15) is 5.60 Å². The van der Waals surface area contributed by atoms with Crippen LogP contribution in [0.3, 0.4) is 0 Å². The van der Waals surface area contributed by atoms with Gasteiger partial charge in [-0.3, -0.25) is 0 Å². The van der Waals surface area contributed by atoms with Crippen LogP contribution in [0.2, 0.25) is 0 Å². The summed E-state index contributed by atoms with van der Waals surface area (Å²) in [6.45, 7) is 6.98. The van der Waals surface area contributed by atoms with Gasteiger partial charge in [0.2, 0.25) is 5.13 Å². The lowest BCUT2D eigenvalue weighted by Gasteiger charge is -2.25. The molecule has 0 saturated heterocycles. The number of rotatable bonds is 5. The van der Waals surface area contributed by atoms with Crippen LogP contribution >= 0.6 is 11.5 Å². The molecule has 0 amide bonds. The average molecular weight is 255 g/mol. The van der Waals surface area contributed by atoms with Crippen molar-refractivity contribution in [1.82, 2.24) is 9.36 Å². The molecule has 0 spiro atoms. The van der Waals surface area contributed by atoms with Crippen molar-refractivity contribution in [2.45, 2.75) is 58.1 Å². The molecule has 0 aromatic carbocycles.